The van der Waals surface area contributed by atoms with Crippen molar-refractivity contribution in [1.82, 2.24) is 0 Å². The molecule has 1 fully saturated rings. The first-order valence-corrected chi connectivity index (χ1v) is 5.49. The molecule has 5 heteroatoms. The van der Waals surface area contributed by atoms with Crippen LogP contribution in [0.3, 0.4) is 0 Å². The van der Waals surface area contributed by atoms with Crippen LogP contribution < -0.4 is 10.1 Å². The van der Waals surface area contributed by atoms with Gasteiger partial charge in [0.1, 0.15) is 5.75 Å². The van der Waals surface area contributed by atoms with E-state index in [1.807, 2.05) is 12.1 Å². The number of ether oxygens (including phenoxy) is 2. The molecule has 1 aromatic rings. The number of rotatable bonds is 2. The molecule has 3 rings (SSSR count). The maximum Gasteiger partial charge on any atom is 0.262 e. The first-order chi connectivity index (χ1) is 8.23. The van der Waals surface area contributed by atoms with Gasteiger partial charge in [0.25, 0.3) is 5.91 Å². The predicted octanol–water partition coefficient (Wildman–Crippen LogP) is 0.278. The van der Waals surface area contributed by atoms with Gasteiger partial charge in [-0.05, 0) is 17.7 Å². The Kier molecular flexibility index (Phi) is 2.31. The van der Waals surface area contributed by atoms with E-state index in [4.69, 9.17) is 9.47 Å². The maximum atomic E-state index is 11.1. The van der Waals surface area contributed by atoms with Gasteiger partial charge in [0.15, 0.2) is 6.61 Å². The van der Waals surface area contributed by atoms with Crippen LogP contribution in [0.25, 0.3) is 0 Å². The monoisotopic (exact) mass is 235 g/mol. The summed E-state index contributed by atoms with van der Waals surface area (Å²) in [6.45, 7) is 1.14. The number of aliphatic hydroxyl groups excluding tert-OH is 1. The van der Waals surface area contributed by atoms with Crippen molar-refractivity contribution < 1.29 is 19.4 Å². The molecule has 5 nitrogen and oxygen atoms in total. The fourth-order valence-electron chi connectivity index (χ4n) is 2.10. The number of nitrogens with one attached hydrogen (secondary N) is 1. The predicted molar refractivity (Wildman–Crippen MR) is 60.1 cm³/mol. The third kappa shape index (κ3) is 1.59. The molecule has 90 valence electrons. The standard InChI is InChI=1S/C12H13NO4/c14-5-12(6-16-7-12)8-1-2-9-10(3-8)17-4-11(15)13-9/h1-3,14H,4-7H2,(H,13,15). The lowest BCUT2D eigenvalue weighted by atomic mass is 9.79. The molecule has 0 bridgehead atoms. The van der Waals surface area contributed by atoms with Crippen LogP contribution in [0.15, 0.2) is 18.2 Å². The van der Waals surface area contributed by atoms with E-state index in [2.05, 4.69) is 5.32 Å². The molecule has 2 aliphatic rings. The highest BCUT2D eigenvalue weighted by Crippen LogP contribution is 2.37. The van der Waals surface area contributed by atoms with Crippen LogP contribution in [0.5, 0.6) is 5.75 Å². The summed E-state index contributed by atoms with van der Waals surface area (Å²) in [6.07, 6.45) is 0. The molecule has 0 aromatic heterocycles. The van der Waals surface area contributed by atoms with Gasteiger partial charge in [-0.1, -0.05) is 6.07 Å². The van der Waals surface area contributed by atoms with Gasteiger partial charge in [0, 0.05) is 0 Å². The average Bonchev–Trinajstić information content (AvgIpc) is 2.28. The Hall–Kier alpha value is -1.59. The second kappa shape index (κ2) is 3.72. The Morgan fingerprint density at radius 2 is 2.24 bits per heavy atom. The van der Waals surface area contributed by atoms with Crippen molar-refractivity contribution in [3.63, 3.8) is 0 Å². The van der Waals surface area contributed by atoms with Crippen molar-refractivity contribution in [1.29, 1.82) is 0 Å². The first-order valence-electron chi connectivity index (χ1n) is 5.49. The Labute approximate surface area is 98.3 Å². The van der Waals surface area contributed by atoms with E-state index >= 15 is 0 Å². The molecule has 2 aliphatic heterocycles. The Morgan fingerprint density at radius 1 is 1.41 bits per heavy atom. The van der Waals surface area contributed by atoms with Gasteiger partial charge >= 0.3 is 0 Å². The number of amides is 1. The van der Waals surface area contributed by atoms with E-state index < -0.39 is 0 Å². The number of aliphatic hydroxyl groups is 1. The van der Waals surface area contributed by atoms with Crippen molar-refractivity contribution in [2.75, 3.05) is 31.7 Å². The molecule has 17 heavy (non-hydrogen) atoms. The fourth-order valence-corrected chi connectivity index (χ4v) is 2.10. The summed E-state index contributed by atoms with van der Waals surface area (Å²) in [6, 6.07) is 5.57. The van der Waals surface area contributed by atoms with Crippen LogP contribution in [0.1, 0.15) is 5.56 Å². The highest BCUT2D eigenvalue weighted by atomic mass is 16.5. The summed E-state index contributed by atoms with van der Waals surface area (Å²) in [4.78, 5) is 11.1. The molecule has 1 amide bonds. The lowest BCUT2D eigenvalue weighted by molar-refractivity contribution is -0.118. The number of anilines is 1. The Bertz CT molecular complexity index is 462. The Morgan fingerprint density at radius 3 is 2.88 bits per heavy atom. The molecule has 0 spiro atoms. The summed E-state index contributed by atoms with van der Waals surface area (Å²) < 4.78 is 10.5. The zero-order valence-corrected chi connectivity index (χ0v) is 9.23. The average molecular weight is 235 g/mol. The summed E-state index contributed by atoms with van der Waals surface area (Å²) in [5.41, 5.74) is 1.36. The minimum Gasteiger partial charge on any atom is -0.482 e. The largest absolute Gasteiger partial charge is 0.482 e. The highest BCUT2D eigenvalue weighted by Gasteiger charge is 2.40. The third-order valence-electron chi connectivity index (χ3n) is 3.29. The third-order valence-corrected chi connectivity index (χ3v) is 3.29. The molecule has 2 N–H and O–H groups in total. The van der Waals surface area contributed by atoms with Gasteiger partial charge in [-0.3, -0.25) is 4.79 Å². The summed E-state index contributed by atoms with van der Waals surface area (Å²) in [5, 5.41) is 12.2. The maximum absolute atomic E-state index is 11.1. The topological polar surface area (TPSA) is 67.8 Å². The Balaban J connectivity index is 1.96. The van der Waals surface area contributed by atoms with Crippen LogP contribution in [0.4, 0.5) is 5.69 Å². The number of hydrogen-bond acceptors (Lipinski definition) is 4. The second-order valence-electron chi connectivity index (χ2n) is 4.48. The van der Waals surface area contributed by atoms with E-state index in [-0.39, 0.29) is 24.5 Å². The fraction of sp³-hybridized carbons (Fsp3) is 0.417. The minimum absolute atomic E-state index is 0.0408. The van der Waals surface area contributed by atoms with Crippen molar-refractivity contribution in [2.45, 2.75) is 5.41 Å². The number of hydrogen-bond donors (Lipinski definition) is 2. The van der Waals surface area contributed by atoms with E-state index in [0.717, 1.165) is 5.56 Å². The van der Waals surface area contributed by atoms with E-state index in [1.54, 1.807) is 6.07 Å². The number of fused-ring (bicyclic) bond motifs is 1. The lowest BCUT2D eigenvalue weighted by Crippen LogP contribution is -2.49. The lowest BCUT2D eigenvalue weighted by Gasteiger charge is -2.40. The normalized spacial score (nSPS) is 20.9. The van der Waals surface area contributed by atoms with Crippen molar-refractivity contribution in [3.8, 4) is 5.75 Å². The van der Waals surface area contributed by atoms with Crippen LogP contribution in [0, 0.1) is 0 Å². The van der Waals surface area contributed by atoms with Crippen molar-refractivity contribution in [3.05, 3.63) is 23.8 Å². The van der Waals surface area contributed by atoms with Crippen LogP contribution in [-0.4, -0.2) is 37.4 Å². The smallest absolute Gasteiger partial charge is 0.262 e. The van der Waals surface area contributed by atoms with Gasteiger partial charge in [-0.25, -0.2) is 0 Å². The van der Waals surface area contributed by atoms with Crippen molar-refractivity contribution >= 4 is 11.6 Å². The molecule has 0 aliphatic carbocycles. The van der Waals surface area contributed by atoms with Crippen LogP contribution in [0.2, 0.25) is 0 Å². The number of carbonyl (C=O) groups excluding carboxylic acids is 1. The van der Waals surface area contributed by atoms with Crippen molar-refractivity contribution in [2.24, 2.45) is 0 Å². The number of carbonyl (C=O) groups is 1. The summed E-state index contributed by atoms with van der Waals surface area (Å²) in [5.74, 6) is 0.510. The molecular weight excluding hydrogens is 222 g/mol. The molecule has 0 unspecified atom stereocenters. The van der Waals surface area contributed by atoms with Gasteiger partial charge in [-0.2, -0.15) is 0 Å². The second-order valence-corrected chi connectivity index (χ2v) is 4.48. The van der Waals surface area contributed by atoms with Crippen LogP contribution in [-0.2, 0) is 14.9 Å². The molecule has 0 saturated carbocycles. The summed E-state index contributed by atoms with van der Waals surface area (Å²) in [7, 11) is 0. The molecule has 0 radical (unpaired) electrons. The van der Waals surface area contributed by atoms with Gasteiger partial charge in [-0.15, -0.1) is 0 Å². The summed E-state index contributed by atoms with van der Waals surface area (Å²) >= 11 is 0. The van der Waals surface area contributed by atoms with E-state index in [9.17, 15) is 9.90 Å². The van der Waals surface area contributed by atoms with Gasteiger partial charge in [0.2, 0.25) is 0 Å². The van der Waals surface area contributed by atoms with E-state index in [0.29, 0.717) is 24.7 Å². The van der Waals surface area contributed by atoms with Gasteiger partial charge < -0.3 is 19.9 Å². The van der Waals surface area contributed by atoms with Crippen LogP contribution >= 0.6 is 0 Å². The zero-order chi connectivity index (χ0) is 11.9. The molecule has 1 aromatic carbocycles. The SMILES string of the molecule is O=C1COc2cc(C3(CO)COC3)ccc2N1. The number of benzene rings is 1. The quantitative estimate of drug-likeness (QED) is 0.772. The zero-order valence-electron chi connectivity index (χ0n) is 9.23. The molecule has 2 heterocycles. The van der Waals surface area contributed by atoms with E-state index in [1.165, 1.54) is 0 Å². The highest BCUT2D eigenvalue weighted by molar-refractivity contribution is 5.95. The van der Waals surface area contributed by atoms with Gasteiger partial charge in [0.05, 0.1) is 30.9 Å². The molecule has 0 atom stereocenters. The first kappa shape index (κ1) is 10.6. The molecular formula is C12H13NO4. The minimum atomic E-state index is -0.306. The molecule has 1 saturated heterocycles.